The molecular formula is H19P17. The zero-order valence-corrected chi connectivity index (χ0v) is 26.5. The molecule has 0 N–H and O–H groups in total. The van der Waals surface area contributed by atoms with Crippen molar-refractivity contribution in [1.82, 2.24) is 0 Å². The highest BCUT2D eigenvalue weighted by Gasteiger charge is 2.36. The smallest absolute Gasteiger partial charge is 0.00341 e. The van der Waals surface area contributed by atoms with E-state index in [-0.39, 0.29) is 48.9 Å². The van der Waals surface area contributed by atoms with E-state index in [9.17, 15) is 0 Å². The van der Waals surface area contributed by atoms with Gasteiger partial charge in [0.1, 0.15) is 0 Å². The Balaban J connectivity index is 5.16. The molecule has 0 saturated heterocycles. The molecule has 0 aromatic heterocycles. The molecule has 0 aromatic carbocycles. The fraction of sp³-hybridized carbons (Fsp3) is 0. The topological polar surface area (TPSA) is 0 Å². The van der Waals surface area contributed by atoms with E-state index in [0.717, 1.165) is 7.96 Å². The predicted molar refractivity (Wildman–Crippen MR) is 144 cm³/mol. The Kier molecular flexibility index (Phi) is 19.3. The summed E-state index contributed by atoms with van der Waals surface area (Å²) in [6.07, 6.45) is 0. The summed E-state index contributed by atoms with van der Waals surface area (Å²) < 4.78 is 0. The summed E-state index contributed by atoms with van der Waals surface area (Å²) in [6.45, 7) is 0.911. The van der Waals surface area contributed by atoms with Gasteiger partial charge in [-0.2, -0.15) is 0 Å². The molecule has 0 aliphatic rings. The molecule has 17 heteroatoms. The van der Waals surface area contributed by atoms with Gasteiger partial charge in [0.15, 0.2) is 0 Å². The second-order valence-corrected chi connectivity index (χ2v) is 66.8. The highest BCUT2D eigenvalue weighted by atomic mass is 33.4. The quantitative estimate of drug-likeness (QED) is 0.280. The van der Waals surface area contributed by atoms with Crippen LogP contribution in [0.2, 0.25) is 0 Å². The van der Waals surface area contributed by atoms with E-state index in [1.165, 1.54) is 0 Å². The van der Waals surface area contributed by atoms with Gasteiger partial charge < -0.3 is 0 Å². The average Bonchev–Trinajstić information content (AvgIpc) is 2.15. The van der Waals surface area contributed by atoms with E-state index in [1.807, 2.05) is 0 Å². The minimum atomic E-state index is 0.0688. The number of rotatable bonds is 7. The number of hydrogen-bond acceptors (Lipinski definition) is 0. The average molecular weight is 546 g/mol. The van der Waals surface area contributed by atoms with Gasteiger partial charge in [0.25, 0.3) is 0 Å². The van der Waals surface area contributed by atoms with Gasteiger partial charge in [0, 0.05) is 0 Å². The van der Waals surface area contributed by atoms with Crippen LogP contribution in [0.5, 0.6) is 0 Å². The Morgan fingerprint density at radius 1 is 0.529 bits per heavy atom. The van der Waals surface area contributed by atoms with Crippen LogP contribution in [0.15, 0.2) is 0 Å². The molecule has 0 aliphatic heterocycles. The van der Waals surface area contributed by atoms with Crippen molar-refractivity contribution in [3.8, 4) is 0 Å². The van der Waals surface area contributed by atoms with Crippen molar-refractivity contribution in [3.05, 3.63) is 0 Å². The first kappa shape index (κ1) is 24.3. The third-order valence-electron chi connectivity index (χ3n) is 1.28. The van der Waals surface area contributed by atoms with Crippen LogP contribution in [-0.2, 0) is 0 Å². The molecule has 0 amide bonds. The molecule has 17 heavy (non-hydrogen) atoms. The predicted octanol–water partition coefficient (Wildman–Crippen LogP) is 9.55. The minimum absolute atomic E-state index is 0.0688. The van der Waals surface area contributed by atoms with Crippen molar-refractivity contribution in [2.75, 3.05) is 0 Å². The Hall–Kier alpha value is 7.31. The standard InChI is InChI=1S/H19P17/c1-10-15(11(2)3)17(14(8)9)16(12(4)5)13(6)7/h10H,1-9H2. The van der Waals surface area contributed by atoms with Crippen molar-refractivity contribution >= 4 is 137 Å². The van der Waals surface area contributed by atoms with Crippen LogP contribution in [-0.4, -0.2) is 0 Å². The summed E-state index contributed by atoms with van der Waals surface area (Å²) in [5.41, 5.74) is 0. The van der Waals surface area contributed by atoms with Crippen LogP contribution in [0.25, 0.3) is 0 Å². The Morgan fingerprint density at radius 2 is 0.882 bits per heavy atom. The Morgan fingerprint density at radius 3 is 1.06 bits per heavy atom. The monoisotopic (exact) mass is 546 g/mol. The third-order valence-corrected chi connectivity index (χ3v) is 104. The normalized spacial score (nSPS) is 17.3. The zero-order chi connectivity index (χ0) is 13.7. The maximum Gasteiger partial charge on any atom is -0.00341 e. The van der Waals surface area contributed by atoms with Crippen molar-refractivity contribution in [2.45, 2.75) is 0 Å². The van der Waals surface area contributed by atoms with Gasteiger partial charge in [-0.05, 0) is 48.9 Å². The second-order valence-electron chi connectivity index (χ2n) is 2.48. The van der Waals surface area contributed by atoms with E-state index >= 15 is 0 Å². The lowest BCUT2D eigenvalue weighted by atomic mass is 28.6. The van der Waals surface area contributed by atoms with E-state index in [1.54, 1.807) is 0 Å². The summed E-state index contributed by atoms with van der Waals surface area (Å²) in [5, 5.41) is 0. The van der Waals surface area contributed by atoms with Crippen molar-refractivity contribution < 1.29 is 0 Å². The highest BCUT2D eigenvalue weighted by molar-refractivity contribution is 9.31. The maximum absolute atomic E-state index is 3.13. The van der Waals surface area contributed by atoms with E-state index < -0.39 is 0 Å². The Labute approximate surface area is 136 Å². The van der Waals surface area contributed by atoms with Gasteiger partial charge >= 0.3 is 0 Å². The van der Waals surface area contributed by atoms with Crippen LogP contribution >= 0.6 is 137 Å². The molecule has 12 unspecified atom stereocenters. The molecular weight excluding hydrogens is 527 g/mol. The fourth-order valence-corrected chi connectivity index (χ4v) is 190. The summed E-state index contributed by atoms with van der Waals surface area (Å²) in [5.74, 6) is 0. The second kappa shape index (κ2) is 13.5. The van der Waals surface area contributed by atoms with Gasteiger partial charge in [0.05, 0.1) is 0 Å². The van der Waals surface area contributed by atoms with Gasteiger partial charge in [-0.1, -0.05) is 7.96 Å². The van der Waals surface area contributed by atoms with Gasteiger partial charge in [-0.15, -0.1) is 80.4 Å². The molecule has 0 nitrogen and oxygen atoms in total. The molecule has 0 radical (unpaired) electrons. The van der Waals surface area contributed by atoms with Crippen molar-refractivity contribution in [1.29, 1.82) is 0 Å². The van der Waals surface area contributed by atoms with Crippen molar-refractivity contribution in [2.24, 2.45) is 0 Å². The third kappa shape index (κ3) is 9.54. The molecule has 0 fully saturated rings. The van der Waals surface area contributed by atoms with Crippen LogP contribution in [0, 0.1) is 0 Å². The minimum Gasteiger partial charge on any atom is -0.109 e. The van der Waals surface area contributed by atoms with E-state index in [4.69, 9.17) is 0 Å². The summed E-state index contributed by atoms with van der Waals surface area (Å²) >= 11 is 0. The van der Waals surface area contributed by atoms with Gasteiger partial charge in [-0.25, -0.2) is 0 Å². The molecule has 104 valence electrons. The first-order valence-corrected chi connectivity index (χ1v) is 34.0. The molecule has 0 rings (SSSR count). The lowest BCUT2D eigenvalue weighted by Crippen LogP contribution is -1.52. The van der Waals surface area contributed by atoms with E-state index in [0.29, 0.717) is 0 Å². The first-order valence-electron chi connectivity index (χ1n) is 3.78. The Bertz CT molecular complexity index is 180. The summed E-state index contributed by atoms with van der Waals surface area (Å²) in [6, 6.07) is 0. The van der Waals surface area contributed by atoms with Crippen molar-refractivity contribution in [3.63, 3.8) is 0 Å². The molecule has 0 saturated carbocycles. The first-order chi connectivity index (χ1) is 7.73. The van der Waals surface area contributed by atoms with Crippen LogP contribution in [0.4, 0.5) is 0 Å². The van der Waals surface area contributed by atoms with Crippen LogP contribution in [0.3, 0.4) is 0 Å². The summed E-state index contributed by atoms with van der Waals surface area (Å²) in [7, 11) is 29.0. The molecule has 0 heterocycles. The fourth-order valence-electron chi connectivity index (χ4n) is 0.781. The van der Waals surface area contributed by atoms with Gasteiger partial charge in [0.2, 0.25) is 0 Å². The molecule has 0 spiro atoms. The highest BCUT2D eigenvalue weighted by Crippen LogP contribution is 3.25. The largest absolute Gasteiger partial charge is 0.109 e. The van der Waals surface area contributed by atoms with Crippen LogP contribution < -0.4 is 0 Å². The lowest BCUT2D eigenvalue weighted by Gasteiger charge is -2.41. The molecule has 0 aromatic rings. The lowest BCUT2D eigenvalue weighted by molar-refractivity contribution is 4.54. The molecule has 12 atom stereocenters. The molecule has 0 bridgehead atoms. The maximum atomic E-state index is 3.13. The number of hydrogen-bond donors (Lipinski definition) is 0. The molecule has 0 aliphatic carbocycles. The summed E-state index contributed by atoms with van der Waals surface area (Å²) in [4.78, 5) is 0. The van der Waals surface area contributed by atoms with E-state index in [2.05, 4.69) is 80.4 Å². The van der Waals surface area contributed by atoms with Gasteiger partial charge in [-0.3, -0.25) is 0 Å². The SMILES string of the molecule is PPP(P(P)P)P(P(P)P)P(P(P)P)P(P)P. The van der Waals surface area contributed by atoms with Crippen LogP contribution in [0.1, 0.15) is 0 Å². The zero-order valence-electron chi connectivity index (χ0n) is 8.83.